The summed E-state index contributed by atoms with van der Waals surface area (Å²) >= 11 is 0. The van der Waals surface area contributed by atoms with E-state index < -0.39 is 0 Å². The Balaban J connectivity index is 1.34. The molecule has 6 nitrogen and oxygen atoms in total. The molecule has 1 aliphatic rings. The second-order valence-corrected chi connectivity index (χ2v) is 6.49. The van der Waals surface area contributed by atoms with Crippen molar-refractivity contribution in [3.8, 4) is 0 Å². The van der Waals surface area contributed by atoms with Gasteiger partial charge in [0.2, 0.25) is 0 Å². The Hall–Kier alpha value is -2.86. The van der Waals surface area contributed by atoms with Crippen LogP contribution in [-0.2, 0) is 11.4 Å². The first-order valence-electron chi connectivity index (χ1n) is 8.86. The lowest BCUT2D eigenvalue weighted by atomic mass is 9.98. The van der Waals surface area contributed by atoms with Crippen molar-refractivity contribution in [3.05, 3.63) is 66.1 Å². The standard InChI is InChI=1S/C20H21N3O3/c24-20(22-25-14-15-7-2-1-3-8-15)23-12-6-9-16(13-23)19-21-17-10-4-5-11-18(17)26-19/h1-5,7-8,10-11,16H,6,9,12-14H2,(H,22,24). The minimum Gasteiger partial charge on any atom is -0.440 e. The van der Waals surface area contributed by atoms with Gasteiger partial charge in [-0.1, -0.05) is 42.5 Å². The number of para-hydroxylation sites is 2. The van der Waals surface area contributed by atoms with E-state index in [9.17, 15) is 4.79 Å². The molecule has 1 unspecified atom stereocenters. The van der Waals surface area contributed by atoms with E-state index >= 15 is 0 Å². The number of nitrogens with one attached hydrogen (secondary N) is 1. The zero-order chi connectivity index (χ0) is 17.8. The van der Waals surface area contributed by atoms with Gasteiger partial charge in [0.1, 0.15) is 5.52 Å². The highest BCUT2D eigenvalue weighted by molar-refractivity contribution is 5.73. The molecule has 1 N–H and O–H groups in total. The molecule has 0 spiro atoms. The molecule has 1 saturated heterocycles. The fourth-order valence-electron chi connectivity index (χ4n) is 3.25. The van der Waals surface area contributed by atoms with Crippen molar-refractivity contribution in [1.29, 1.82) is 0 Å². The molecule has 3 aromatic rings. The summed E-state index contributed by atoms with van der Waals surface area (Å²) < 4.78 is 5.87. The third-order valence-electron chi connectivity index (χ3n) is 4.61. The number of carbonyl (C=O) groups is 1. The van der Waals surface area contributed by atoms with Crippen molar-refractivity contribution in [2.75, 3.05) is 13.1 Å². The number of carbonyl (C=O) groups excluding carboxylic acids is 1. The Bertz CT molecular complexity index is 845. The molecule has 1 aromatic heterocycles. The van der Waals surface area contributed by atoms with Crippen LogP contribution in [-0.4, -0.2) is 29.0 Å². The number of urea groups is 1. The van der Waals surface area contributed by atoms with Crippen LogP contribution in [0.25, 0.3) is 11.1 Å². The minimum absolute atomic E-state index is 0.107. The van der Waals surface area contributed by atoms with Gasteiger partial charge in [0.15, 0.2) is 11.5 Å². The third kappa shape index (κ3) is 3.70. The molecule has 1 atom stereocenters. The molecule has 26 heavy (non-hydrogen) atoms. The van der Waals surface area contributed by atoms with Crippen LogP contribution in [0.15, 0.2) is 59.0 Å². The molecular weight excluding hydrogens is 330 g/mol. The third-order valence-corrected chi connectivity index (χ3v) is 4.61. The number of hydrogen-bond acceptors (Lipinski definition) is 4. The Morgan fingerprint density at radius 1 is 1.19 bits per heavy atom. The highest BCUT2D eigenvalue weighted by Gasteiger charge is 2.28. The molecule has 1 fully saturated rings. The average Bonchev–Trinajstić information content (AvgIpc) is 3.13. The van der Waals surface area contributed by atoms with Gasteiger partial charge < -0.3 is 9.32 Å². The quantitative estimate of drug-likeness (QED) is 0.725. The fourth-order valence-corrected chi connectivity index (χ4v) is 3.25. The Labute approximate surface area is 151 Å². The second kappa shape index (κ2) is 7.58. The molecule has 4 rings (SSSR count). The fraction of sp³-hybridized carbons (Fsp3) is 0.300. The number of oxazole rings is 1. The van der Waals surface area contributed by atoms with Gasteiger partial charge in [-0.15, -0.1) is 0 Å². The summed E-state index contributed by atoms with van der Waals surface area (Å²) in [5.74, 6) is 0.810. The lowest BCUT2D eigenvalue weighted by Gasteiger charge is -2.31. The van der Waals surface area contributed by atoms with Crippen LogP contribution < -0.4 is 5.48 Å². The number of hydrogen-bond donors (Lipinski definition) is 1. The maximum Gasteiger partial charge on any atom is 0.341 e. The SMILES string of the molecule is O=C(NOCc1ccccc1)N1CCCC(c2nc3ccccc3o2)C1. The molecule has 0 radical (unpaired) electrons. The molecule has 2 aromatic carbocycles. The average molecular weight is 351 g/mol. The molecule has 134 valence electrons. The van der Waals surface area contributed by atoms with Crippen molar-refractivity contribution in [1.82, 2.24) is 15.4 Å². The smallest absolute Gasteiger partial charge is 0.341 e. The number of nitrogens with zero attached hydrogens (tertiary/aromatic N) is 2. The van der Waals surface area contributed by atoms with Gasteiger partial charge in [0.25, 0.3) is 0 Å². The summed E-state index contributed by atoms with van der Waals surface area (Å²) in [6.07, 6.45) is 1.87. The van der Waals surface area contributed by atoms with Crippen LogP contribution in [0.5, 0.6) is 0 Å². The van der Waals surface area contributed by atoms with Crippen molar-refractivity contribution in [3.63, 3.8) is 0 Å². The first kappa shape index (κ1) is 16.6. The number of amides is 2. The van der Waals surface area contributed by atoms with Gasteiger partial charge in [0, 0.05) is 13.1 Å². The summed E-state index contributed by atoms with van der Waals surface area (Å²) in [7, 11) is 0. The van der Waals surface area contributed by atoms with E-state index in [0.29, 0.717) is 25.6 Å². The van der Waals surface area contributed by atoms with Crippen LogP contribution >= 0.6 is 0 Å². The van der Waals surface area contributed by atoms with Crippen molar-refractivity contribution in [2.45, 2.75) is 25.4 Å². The number of rotatable bonds is 4. The van der Waals surface area contributed by atoms with Gasteiger partial charge in [-0.3, -0.25) is 4.84 Å². The maximum atomic E-state index is 12.4. The lowest BCUT2D eigenvalue weighted by Crippen LogP contribution is -2.44. The number of likely N-dealkylation sites (tertiary alicyclic amines) is 1. The monoisotopic (exact) mass is 351 g/mol. The van der Waals surface area contributed by atoms with Crippen molar-refractivity contribution >= 4 is 17.1 Å². The molecule has 2 heterocycles. The zero-order valence-electron chi connectivity index (χ0n) is 14.4. The van der Waals surface area contributed by atoms with Crippen LogP contribution in [0.3, 0.4) is 0 Å². The molecule has 1 aliphatic heterocycles. The molecule has 0 bridgehead atoms. The van der Waals surface area contributed by atoms with Crippen molar-refractivity contribution < 1.29 is 14.0 Å². The summed E-state index contributed by atoms with van der Waals surface area (Å²) in [6.45, 7) is 1.62. The van der Waals surface area contributed by atoms with Crippen molar-refractivity contribution in [2.24, 2.45) is 0 Å². The number of fused-ring (bicyclic) bond motifs is 1. The van der Waals surface area contributed by atoms with E-state index in [1.165, 1.54) is 0 Å². The Kier molecular flexibility index (Phi) is 4.84. The number of aromatic nitrogens is 1. The summed E-state index contributed by atoms with van der Waals surface area (Å²) in [6, 6.07) is 17.2. The Morgan fingerprint density at radius 3 is 2.85 bits per heavy atom. The largest absolute Gasteiger partial charge is 0.440 e. The maximum absolute atomic E-state index is 12.4. The van der Waals surface area contributed by atoms with E-state index in [1.54, 1.807) is 4.90 Å². The normalized spacial score (nSPS) is 17.4. The van der Waals surface area contributed by atoms with Crippen LogP contribution in [0.2, 0.25) is 0 Å². The predicted molar refractivity (Wildman–Crippen MR) is 97.3 cm³/mol. The topological polar surface area (TPSA) is 67.6 Å². The van der Waals surface area contributed by atoms with Gasteiger partial charge in [-0.05, 0) is 30.5 Å². The zero-order valence-corrected chi connectivity index (χ0v) is 14.4. The first-order chi connectivity index (χ1) is 12.8. The van der Waals surface area contributed by atoms with Gasteiger partial charge in [-0.25, -0.2) is 15.3 Å². The predicted octanol–water partition coefficient (Wildman–Crippen LogP) is 3.85. The summed E-state index contributed by atoms with van der Waals surface area (Å²) in [4.78, 5) is 24.1. The highest BCUT2D eigenvalue weighted by atomic mass is 16.7. The van der Waals surface area contributed by atoms with E-state index in [2.05, 4.69) is 10.5 Å². The van der Waals surface area contributed by atoms with Crippen LogP contribution in [0, 0.1) is 0 Å². The second-order valence-electron chi connectivity index (χ2n) is 6.49. The minimum atomic E-state index is -0.221. The van der Waals surface area contributed by atoms with Gasteiger partial charge >= 0.3 is 6.03 Å². The van der Waals surface area contributed by atoms with E-state index in [-0.39, 0.29) is 11.9 Å². The van der Waals surface area contributed by atoms with Gasteiger partial charge in [0.05, 0.1) is 12.5 Å². The van der Waals surface area contributed by atoms with Gasteiger partial charge in [-0.2, -0.15) is 0 Å². The van der Waals surface area contributed by atoms with E-state index in [1.807, 2.05) is 54.6 Å². The van der Waals surface area contributed by atoms with Crippen LogP contribution in [0.1, 0.15) is 30.2 Å². The number of hydroxylamine groups is 1. The molecule has 2 amide bonds. The number of piperidine rings is 1. The summed E-state index contributed by atoms with van der Waals surface area (Å²) in [5, 5.41) is 0. The first-order valence-corrected chi connectivity index (χ1v) is 8.86. The molecule has 0 saturated carbocycles. The molecule has 6 heteroatoms. The van der Waals surface area contributed by atoms with E-state index in [0.717, 1.165) is 29.5 Å². The molecular formula is C20H21N3O3. The van der Waals surface area contributed by atoms with Crippen LogP contribution in [0.4, 0.5) is 4.79 Å². The lowest BCUT2D eigenvalue weighted by molar-refractivity contribution is 0.0332. The summed E-state index contributed by atoms with van der Waals surface area (Å²) in [5.41, 5.74) is 5.19. The highest BCUT2D eigenvalue weighted by Crippen LogP contribution is 2.28. The Morgan fingerprint density at radius 2 is 2.00 bits per heavy atom. The van der Waals surface area contributed by atoms with E-state index in [4.69, 9.17) is 9.25 Å². The molecule has 0 aliphatic carbocycles. The number of benzene rings is 2.